The van der Waals surface area contributed by atoms with Gasteiger partial charge in [-0.25, -0.2) is 8.42 Å². The summed E-state index contributed by atoms with van der Waals surface area (Å²) in [6.45, 7) is 5.94. The second kappa shape index (κ2) is 9.32. The number of nitrogens with one attached hydrogen (secondary N) is 2. The molecular formula is C24H26N2O4S. The Bertz CT molecular complexity index is 1200. The molecule has 0 bridgehead atoms. The highest BCUT2D eigenvalue weighted by Crippen LogP contribution is 2.23. The number of aryl methyl sites for hydroxylation is 3. The molecule has 0 saturated carbocycles. The fourth-order valence-corrected chi connectivity index (χ4v) is 4.70. The Labute approximate surface area is 183 Å². The monoisotopic (exact) mass is 438 g/mol. The lowest BCUT2D eigenvalue weighted by atomic mass is 10.1. The molecular weight excluding hydrogens is 412 g/mol. The molecule has 3 aromatic rings. The van der Waals surface area contributed by atoms with E-state index in [1.165, 1.54) is 6.07 Å². The van der Waals surface area contributed by atoms with Gasteiger partial charge in [-0.1, -0.05) is 24.3 Å². The molecule has 0 heterocycles. The van der Waals surface area contributed by atoms with Crippen molar-refractivity contribution in [1.29, 1.82) is 0 Å². The van der Waals surface area contributed by atoms with Crippen molar-refractivity contribution >= 4 is 27.3 Å². The van der Waals surface area contributed by atoms with Crippen molar-refractivity contribution in [2.24, 2.45) is 0 Å². The van der Waals surface area contributed by atoms with Crippen molar-refractivity contribution in [2.45, 2.75) is 32.3 Å². The lowest BCUT2D eigenvalue weighted by molar-refractivity contribution is 0.102. The van der Waals surface area contributed by atoms with Gasteiger partial charge in [-0.2, -0.15) is 0 Å². The third-order valence-corrected chi connectivity index (χ3v) is 6.23. The van der Waals surface area contributed by atoms with Crippen molar-refractivity contribution < 1.29 is 17.9 Å². The van der Waals surface area contributed by atoms with Crippen LogP contribution in [0.15, 0.2) is 65.6 Å². The van der Waals surface area contributed by atoms with Gasteiger partial charge in [0.2, 0.25) is 0 Å². The molecule has 0 aliphatic carbocycles. The molecule has 7 heteroatoms. The normalized spacial score (nSPS) is 11.2. The summed E-state index contributed by atoms with van der Waals surface area (Å²) in [5, 5.41) is 2.81. The highest BCUT2D eigenvalue weighted by Gasteiger charge is 2.20. The quantitative estimate of drug-likeness (QED) is 0.554. The third-order valence-electron chi connectivity index (χ3n) is 4.71. The van der Waals surface area contributed by atoms with Gasteiger partial charge in [0.1, 0.15) is 0 Å². The lowest BCUT2D eigenvalue weighted by Crippen LogP contribution is -2.17. The maximum absolute atomic E-state index is 13.0. The van der Waals surface area contributed by atoms with Crippen LogP contribution in [0.25, 0.3) is 0 Å². The molecule has 0 saturated heterocycles. The summed E-state index contributed by atoms with van der Waals surface area (Å²) in [4.78, 5) is 12.8. The molecule has 31 heavy (non-hydrogen) atoms. The molecule has 0 radical (unpaired) electrons. The van der Waals surface area contributed by atoms with Crippen molar-refractivity contribution in [2.75, 3.05) is 17.1 Å². The largest absolute Gasteiger partial charge is 0.380 e. The minimum atomic E-state index is -3.87. The van der Waals surface area contributed by atoms with E-state index in [4.69, 9.17) is 4.74 Å². The van der Waals surface area contributed by atoms with Crippen molar-refractivity contribution in [3.63, 3.8) is 0 Å². The SMILES string of the molecule is COCc1cccc(NC(=O)c2ccc(C)c(S(=O)(=O)Nc3cc(C)cc(C)c3)c2)c1. The Morgan fingerprint density at radius 1 is 0.903 bits per heavy atom. The number of benzene rings is 3. The van der Waals surface area contributed by atoms with Crippen LogP contribution in [0.2, 0.25) is 0 Å². The minimum absolute atomic E-state index is 0.0624. The van der Waals surface area contributed by atoms with Gasteiger partial charge >= 0.3 is 0 Å². The number of hydrogen-bond donors (Lipinski definition) is 2. The Kier molecular flexibility index (Phi) is 6.77. The number of ether oxygens (including phenoxy) is 1. The summed E-state index contributed by atoms with van der Waals surface area (Å²) in [7, 11) is -2.26. The first-order valence-corrected chi connectivity index (χ1v) is 11.3. The summed E-state index contributed by atoms with van der Waals surface area (Å²) in [5.41, 5.74) is 4.74. The van der Waals surface area contributed by atoms with Gasteiger partial charge in [0, 0.05) is 24.0 Å². The maximum Gasteiger partial charge on any atom is 0.262 e. The maximum atomic E-state index is 13.0. The Morgan fingerprint density at radius 3 is 2.29 bits per heavy atom. The van der Waals surface area contributed by atoms with Crippen LogP contribution in [0.1, 0.15) is 32.6 Å². The highest BCUT2D eigenvalue weighted by molar-refractivity contribution is 7.92. The van der Waals surface area contributed by atoms with E-state index >= 15 is 0 Å². The van der Waals surface area contributed by atoms with Gasteiger partial charge in [0.25, 0.3) is 15.9 Å². The van der Waals surface area contributed by atoms with E-state index in [9.17, 15) is 13.2 Å². The van der Waals surface area contributed by atoms with E-state index in [0.717, 1.165) is 16.7 Å². The molecule has 2 N–H and O–H groups in total. The van der Waals surface area contributed by atoms with Crippen LogP contribution in [0.3, 0.4) is 0 Å². The van der Waals surface area contributed by atoms with E-state index in [2.05, 4.69) is 10.0 Å². The number of methoxy groups -OCH3 is 1. The van der Waals surface area contributed by atoms with Gasteiger partial charge < -0.3 is 10.1 Å². The number of sulfonamides is 1. The third kappa shape index (κ3) is 5.71. The second-order valence-electron chi connectivity index (χ2n) is 7.55. The molecule has 0 unspecified atom stereocenters. The Morgan fingerprint density at radius 2 is 1.61 bits per heavy atom. The van der Waals surface area contributed by atoms with Crippen LogP contribution in [0, 0.1) is 20.8 Å². The zero-order valence-corrected chi connectivity index (χ0v) is 18.8. The number of rotatable bonds is 7. The average molecular weight is 439 g/mol. The predicted molar refractivity (Wildman–Crippen MR) is 123 cm³/mol. The number of anilines is 2. The molecule has 6 nitrogen and oxygen atoms in total. The Balaban J connectivity index is 1.86. The molecule has 0 spiro atoms. The average Bonchev–Trinajstić information content (AvgIpc) is 2.67. The van der Waals surface area contributed by atoms with Crippen LogP contribution >= 0.6 is 0 Å². The molecule has 0 aliphatic rings. The molecule has 0 fully saturated rings. The first-order chi connectivity index (χ1) is 14.7. The first-order valence-electron chi connectivity index (χ1n) is 9.79. The van der Waals surface area contributed by atoms with Crippen molar-refractivity contribution in [3.05, 3.63) is 88.5 Å². The van der Waals surface area contributed by atoms with Crippen LogP contribution in [-0.2, 0) is 21.4 Å². The van der Waals surface area contributed by atoms with E-state index in [0.29, 0.717) is 23.5 Å². The van der Waals surface area contributed by atoms with Gasteiger partial charge in [-0.3, -0.25) is 9.52 Å². The molecule has 3 rings (SSSR count). The molecule has 0 aliphatic heterocycles. The van der Waals surface area contributed by atoms with Crippen LogP contribution in [-0.4, -0.2) is 21.4 Å². The number of hydrogen-bond acceptors (Lipinski definition) is 4. The van der Waals surface area contributed by atoms with Crippen molar-refractivity contribution in [3.8, 4) is 0 Å². The summed E-state index contributed by atoms with van der Waals surface area (Å²) in [6.07, 6.45) is 0. The van der Waals surface area contributed by atoms with Crippen molar-refractivity contribution in [1.82, 2.24) is 0 Å². The van der Waals surface area contributed by atoms with E-state index < -0.39 is 15.9 Å². The lowest BCUT2D eigenvalue weighted by Gasteiger charge is -2.13. The highest BCUT2D eigenvalue weighted by atomic mass is 32.2. The smallest absolute Gasteiger partial charge is 0.262 e. The summed E-state index contributed by atoms with van der Waals surface area (Å²) >= 11 is 0. The van der Waals surface area contributed by atoms with Gasteiger partial charge in [0.05, 0.1) is 11.5 Å². The second-order valence-corrected chi connectivity index (χ2v) is 9.20. The summed E-state index contributed by atoms with van der Waals surface area (Å²) in [6, 6.07) is 17.4. The van der Waals surface area contributed by atoms with Gasteiger partial charge in [-0.05, 0) is 79.4 Å². The molecule has 3 aromatic carbocycles. The van der Waals surface area contributed by atoms with E-state index in [1.807, 2.05) is 38.1 Å². The Hall–Kier alpha value is -3.16. The van der Waals surface area contributed by atoms with Gasteiger partial charge in [0.15, 0.2) is 0 Å². The van der Waals surface area contributed by atoms with Crippen LogP contribution in [0.4, 0.5) is 11.4 Å². The molecule has 1 amide bonds. The number of carbonyl (C=O) groups is 1. The summed E-state index contributed by atoms with van der Waals surface area (Å²) < 4.78 is 33.8. The first kappa shape index (κ1) is 22.5. The minimum Gasteiger partial charge on any atom is -0.380 e. The number of carbonyl (C=O) groups excluding carboxylic acids is 1. The molecule has 0 atom stereocenters. The zero-order chi connectivity index (χ0) is 22.6. The molecule has 0 aromatic heterocycles. The predicted octanol–water partition coefficient (Wildman–Crippen LogP) is 4.81. The van der Waals surface area contributed by atoms with Crippen LogP contribution in [0.5, 0.6) is 0 Å². The van der Waals surface area contributed by atoms with Gasteiger partial charge in [-0.15, -0.1) is 0 Å². The fraction of sp³-hybridized carbons (Fsp3) is 0.208. The summed E-state index contributed by atoms with van der Waals surface area (Å²) in [5.74, 6) is -0.391. The topological polar surface area (TPSA) is 84.5 Å². The van der Waals surface area contributed by atoms with E-state index in [-0.39, 0.29) is 10.5 Å². The van der Waals surface area contributed by atoms with Crippen LogP contribution < -0.4 is 10.0 Å². The fourth-order valence-electron chi connectivity index (χ4n) is 3.38. The molecule has 162 valence electrons. The van der Waals surface area contributed by atoms with E-state index in [1.54, 1.807) is 44.4 Å². The number of amides is 1. The zero-order valence-electron chi connectivity index (χ0n) is 18.0. The standard InChI is InChI=1S/C24H26N2O4S/c1-16-10-17(2)12-22(11-16)26-31(28,29)23-14-20(9-8-18(23)3)24(27)25-21-7-5-6-19(13-21)15-30-4/h5-14,26H,15H2,1-4H3,(H,25,27).